The molecule has 82 valence electrons. The van der Waals surface area contributed by atoms with E-state index in [0.717, 1.165) is 16.3 Å². The summed E-state index contributed by atoms with van der Waals surface area (Å²) in [5.74, 6) is 0.963. The zero-order chi connectivity index (χ0) is 11.4. The van der Waals surface area contributed by atoms with Crippen LogP contribution in [0.4, 0.5) is 5.69 Å². The van der Waals surface area contributed by atoms with Crippen LogP contribution >= 0.6 is 34.4 Å². The van der Waals surface area contributed by atoms with E-state index in [1.54, 1.807) is 11.8 Å². The molecule has 0 amide bonds. The fourth-order valence-electron chi connectivity index (χ4n) is 1.35. The summed E-state index contributed by atoms with van der Waals surface area (Å²) in [4.78, 5) is 1.15. The first-order valence-electron chi connectivity index (χ1n) is 4.97. The van der Waals surface area contributed by atoms with Crippen LogP contribution in [0.3, 0.4) is 0 Å². The second-order valence-electron chi connectivity index (χ2n) is 3.45. The van der Waals surface area contributed by atoms with Crippen molar-refractivity contribution in [2.45, 2.75) is 10.6 Å². The molecule has 0 radical (unpaired) electrons. The highest BCUT2D eigenvalue weighted by molar-refractivity contribution is 14.1. The van der Waals surface area contributed by atoms with Crippen LogP contribution in [0.25, 0.3) is 0 Å². The average Bonchev–Trinajstić information content (AvgIpc) is 2.30. The van der Waals surface area contributed by atoms with Crippen LogP contribution in [0.15, 0.2) is 53.4 Å². The molecule has 16 heavy (non-hydrogen) atoms. The van der Waals surface area contributed by atoms with E-state index in [4.69, 9.17) is 5.73 Å². The van der Waals surface area contributed by atoms with Crippen molar-refractivity contribution in [3.63, 3.8) is 0 Å². The van der Waals surface area contributed by atoms with Crippen molar-refractivity contribution in [2.24, 2.45) is 0 Å². The molecule has 0 spiro atoms. The maximum absolute atomic E-state index is 5.89. The van der Waals surface area contributed by atoms with Gasteiger partial charge in [0, 0.05) is 19.9 Å². The Labute approximate surface area is 114 Å². The number of halogens is 1. The fourth-order valence-corrected chi connectivity index (χ4v) is 2.64. The molecule has 2 rings (SSSR count). The summed E-state index contributed by atoms with van der Waals surface area (Å²) in [6.45, 7) is 0. The monoisotopic (exact) mass is 341 g/mol. The van der Waals surface area contributed by atoms with Gasteiger partial charge in [0.2, 0.25) is 0 Å². The molecule has 0 saturated carbocycles. The van der Waals surface area contributed by atoms with Gasteiger partial charge in [-0.05, 0) is 52.4 Å². The number of rotatable bonds is 3. The molecular formula is C13H12INS. The second kappa shape index (κ2) is 5.59. The highest BCUT2D eigenvalue weighted by Gasteiger charge is 1.99. The molecule has 0 fully saturated rings. The topological polar surface area (TPSA) is 26.0 Å². The van der Waals surface area contributed by atoms with Crippen LogP contribution in [0, 0.1) is 3.57 Å². The zero-order valence-corrected chi connectivity index (χ0v) is 11.7. The SMILES string of the molecule is Nc1ccccc1SCc1ccc(I)cc1. The number of nitrogens with two attached hydrogens (primary N) is 1. The van der Waals surface area contributed by atoms with Crippen LogP contribution in [0.2, 0.25) is 0 Å². The minimum absolute atomic E-state index is 0.859. The lowest BCUT2D eigenvalue weighted by Crippen LogP contribution is -1.88. The van der Waals surface area contributed by atoms with Crippen molar-refractivity contribution in [3.05, 3.63) is 57.7 Å². The van der Waals surface area contributed by atoms with Gasteiger partial charge in [-0.15, -0.1) is 11.8 Å². The average molecular weight is 341 g/mol. The number of para-hydroxylation sites is 1. The molecule has 0 heterocycles. The predicted octanol–water partition coefficient (Wildman–Crippen LogP) is 4.17. The van der Waals surface area contributed by atoms with Gasteiger partial charge in [-0.1, -0.05) is 24.3 Å². The summed E-state index contributed by atoms with van der Waals surface area (Å²) in [7, 11) is 0. The third kappa shape index (κ3) is 3.15. The Hall–Kier alpha value is -0.680. The Bertz CT molecular complexity index is 468. The highest BCUT2D eigenvalue weighted by atomic mass is 127. The molecule has 0 aliphatic carbocycles. The number of anilines is 1. The molecule has 3 heteroatoms. The van der Waals surface area contributed by atoms with Crippen molar-refractivity contribution in [3.8, 4) is 0 Å². The normalized spacial score (nSPS) is 10.3. The lowest BCUT2D eigenvalue weighted by atomic mass is 10.2. The van der Waals surface area contributed by atoms with E-state index in [9.17, 15) is 0 Å². The molecule has 2 N–H and O–H groups in total. The van der Waals surface area contributed by atoms with Gasteiger partial charge in [-0.25, -0.2) is 0 Å². The zero-order valence-electron chi connectivity index (χ0n) is 8.69. The van der Waals surface area contributed by atoms with Crippen LogP contribution < -0.4 is 5.73 Å². The van der Waals surface area contributed by atoms with E-state index in [0.29, 0.717) is 0 Å². The Kier molecular flexibility index (Phi) is 4.12. The minimum Gasteiger partial charge on any atom is -0.398 e. The summed E-state index contributed by atoms with van der Waals surface area (Å²) in [6.07, 6.45) is 0. The Morgan fingerprint density at radius 2 is 1.69 bits per heavy atom. The van der Waals surface area contributed by atoms with Gasteiger partial charge in [0.05, 0.1) is 0 Å². The van der Waals surface area contributed by atoms with Gasteiger partial charge in [0.25, 0.3) is 0 Å². The van der Waals surface area contributed by atoms with Gasteiger partial charge >= 0.3 is 0 Å². The highest BCUT2D eigenvalue weighted by Crippen LogP contribution is 2.27. The van der Waals surface area contributed by atoms with E-state index in [1.165, 1.54) is 9.13 Å². The first kappa shape index (κ1) is 11.8. The third-order valence-corrected chi connectivity index (χ3v) is 4.11. The van der Waals surface area contributed by atoms with Gasteiger partial charge < -0.3 is 5.73 Å². The molecule has 0 saturated heterocycles. The quantitative estimate of drug-likeness (QED) is 0.515. The molecule has 0 aliphatic heterocycles. The van der Waals surface area contributed by atoms with Crippen molar-refractivity contribution in [1.29, 1.82) is 0 Å². The summed E-state index contributed by atoms with van der Waals surface area (Å²) >= 11 is 4.09. The Morgan fingerprint density at radius 1 is 1.00 bits per heavy atom. The lowest BCUT2D eigenvalue weighted by Gasteiger charge is -2.05. The van der Waals surface area contributed by atoms with Crippen molar-refractivity contribution in [2.75, 3.05) is 5.73 Å². The van der Waals surface area contributed by atoms with Crippen LogP contribution in [0.5, 0.6) is 0 Å². The Balaban J connectivity index is 2.02. The molecule has 1 nitrogen and oxygen atoms in total. The number of benzene rings is 2. The molecule has 0 bridgehead atoms. The standard InChI is InChI=1S/C13H12INS/c14-11-7-5-10(6-8-11)9-16-13-4-2-1-3-12(13)15/h1-8H,9,15H2. The van der Waals surface area contributed by atoms with E-state index >= 15 is 0 Å². The lowest BCUT2D eigenvalue weighted by molar-refractivity contribution is 1.38. The van der Waals surface area contributed by atoms with Crippen molar-refractivity contribution < 1.29 is 0 Å². The molecule has 2 aromatic rings. The fraction of sp³-hybridized carbons (Fsp3) is 0.0769. The van der Waals surface area contributed by atoms with Crippen LogP contribution in [0.1, 0.15) is 5.56 Å². The van der Waals surface area contributed by atoms with Gasteiger partial charge in [0.15, 0.2) is 0 Å². The summed E-state index contributed by atoms with van der Waals surface area (Å²) < 4.78 is 1.27. The Morgan fingerprint density at radius 3 is 2.38 bits per heavy atom. The predicted molar refractivity (Wildman–Crippen MR) is 79.6 cm³/mol. The van der Waals surface area contributed by atoms with Gasteiger partial charge in [-0.3, -0.25) is 0 Å². The van der Waals surface area contributed by atoms with Crippen molar-refractivity contribution >= 4 is 40.0 Å². The molecule has 0 atom stereocenters. The van der Waals surface area contributed by atoms with E-state index in [2.05, 4.69) is 52.9 Å². The van der Waals surface area contributed by atoms with Crippen molar-refractivity contribution in [1.82, 2.24) is 0 Å². The number of thioether (sulfide) groups is 1. The van der Waals surface area contributed by atoms with Gasteiger partial charge in [-0.2, -0.15) is 0 Å². The minimum atomic E-state index is 0.859. The molecule has 0 aliphatic rings. The number of nitrogen functional groups attached to an aromatic ring is 1. The van der Waals surface area contributed by atoms with E-state index in [-0.39, 0.29) is 0 Å². The van der Waals surface area contributed by atoms with E-state index < -0.39 is 0 Å². The summed E-state index contributed by atoms with van der Waals surface area (Å²) in [5.41, 5.74) is 8.07. The number of hydrogen-bond donors (Lipinski definition) is 1. The summed E-state index contributed by atoms with van der Waals surface area (Å²) in [6, 6.07) is 16.6. The second-order valence-corrected chi connectivity index (χ2v) is 5.72. The first-order valence-corrected chi connectivity index (χ1v) is 7.04. The first-order chi connectivity index (χ1) is 7.75. The maximum atomic E-state index is 5.89. The largest absolute Gasteiger partial charge is 0.398 e. The van der Waals surface area contributed by atoms with E-state index in [1.807, 2.05) is 18.2 Å². The van der Waals surface area contributed by atoms with Crippen LogP contribution in [-0.4, -0.2) is 0 Å². The molecular weight excluding hydrogens is 329 g/mol. The third-order valence-electron chi connectivity index (χ3n) is 2.23. The smallest absolute Gasteiger partial charge is 0.0452 e. The maximum Gasteiger partial charge on any atom is 0.0452 e. The van der Waals surface area contributed by atoms with Gasteiger partial charge in [0.1, 0.15) is 0 Å². The number of hydrogen-bond acceptors (Lipinski definition) is 2. The molecule has 0 aromatic heterocycles. The molecule has 0 unspecified atom stereocenters. The molecule has 2 aromatic carbocycles. The summed E-state index contributed by atoms with van der Waals surface area (Å²) in [5, 5.41) is 0. The van der Waals surface area contributed by atoms with Crippen LogP contribution in [-0.2, 0) is 5.75 Å².